The van der Waals surface area contributed by atoms with Crippen LogP contribution in [0.4, 0.5) is 5.95 Å². The molecule has 1 saturated carbocycles. The molecule has 29 heavy (non-hydrogen) atoms. The number of piperidine rings is 1. The Balaban J connectivity index is 1.42. The number of aryl methyl sites for hydroxylation is 1. The minimum atomic E-state index is -0.300. The monoisotopic (exact) mass is 410 g/mol. The van der Waals surface area contributed by atoms with Crippen LogP contribution in [0.3, 0.4) is 0 Å². The Kier molecular flexibility index (Phi) is 4.86. The molecule has 0 N–H and O–H groups in total. The molecule has 0 amide bonds. The maximum absolute atomic E-state index is 12.0. The molecule has 0 atom stereocenters. The predicted molar refractivity (Wildman–Crippen MR) is 116 cm³/mol. The van der Waals surface area contributed by atoms with Gasteiger partial charge in [0.05, 0.1) is 0 Å². The molecule has 152 valence electrons. The fourth-order valence-electron chi connectivity index (χ4n) is 4.04. The zero-order valence-corrected chi connectivity index (χ0v) is 17.7. The Morgan fingerprint density at radius 3 is 2.69 bits per heavy atom. The second-order valence-electron chi connectivity index (χ2n) is 8.43. The molecule has 1 aliphatic carbocycles. The van der Waals surface area contributed by atoms with Crippen molar-refractivity contribution < 1.29 is 4.42 Å². The van der Waals surface area contributed by atoms with Gasteiger partial charge in [-0.05, 0) is 55.7 Å². The summed E-state index contributed by atoms with van der Waals surface area (Å²) in [4.78, 5) is 14.4. The number of fused-ring (bicyclic) bond motifs is 1. The van der Waals surface area contributed by atoms with E-state index in [0.29, 0.717) is 17.4 Å². The average molecular weight is 411 g/mol. The summed E-state index contributed by atoms with van der Waals surface area (Å²) in [6.45, 7) is 6.44. The van der Waals surface area contributed by atoms with Crippen molar-refractivity contribution in [3.05, 3.63) is 45.8 Å². The van der Waals surface area contributed by atoms with Gasteiger partial charge in [-0.3, -0.25) is 4.57 Å². The van der Waals surface area contributed by atoms with E-state index in [-0.39, 0.29) is 5.63 Å². The molecule has 1 aromatic carbocycles. The number of benzene rings is 1. The summed E-state index contributed by atoms with van der Waals surface area (Å²) in [6, 6.07) is 8.14. The lowest BCUT2D eigenvalue weighted by Gasteiger charge is -2.31. The first-order chi connectivity index (χ1) is 14.1. The number of anilines is 1. The van der Waals surface area contributed by atoms with Crippen LogP contribution in [0.1, 0.15) is 49.8 Å². The summed E-state index contributed by atoms with van der Waals surface area (Å²) in [5, 5.41) is 11.0. The van der Waals surface area contributed by atoms with Crippen LogP contribution >= 0.6 is 11.8 Å². The number of hydrogen-bond donors (Lipinski definition) is 0. The lowest BCUT2D eigenvalue weighted by Crippen LogP contribution is -2.34. The van der Waals surface area contributed by atoms with Gasteiger partial charge in [0.1, 0.15) is 5.58 Å². The second kappa shape index (κ2) is 7.52. The van der Waals surface area contributed by atoms with Gasteiger partial charge < -0.3 is 9.32 Å². The van der Waals surface area contributed by atoms with Crippen LogP contribution in [0.2, 0.25) is 0 Å². The molecular weight excluding hydrogens is 384 g/mol. The van der Waals surface area contributed by atoms with Gasteiger partial charge >= 0.3 is 5.63 Å². The Morgan fingerprint density at radius 1 is 1.14 bits per heavy atom. The third-order valence-electron chi connectivity index (χ3n) is 5.97. The highest BCUT2D eigenvalue weighted by atomic mass is 32.2. The molecule has 6 nitrogen and oxygen atoms in total. The Morgan fingerprint density at radius 2 is 1.93 bits per heavy atom. The molecular formula is C22H26N4O2S. The quantitative estimate of drug-likeness (QED) is 0.454. The summed E-state index contributed by atoms with van der Waals surface area (Å²) in [6.07, 6.45) is 4.82. The minimum Gasteiger partial charge on any atom is -0.423 e. The summed E-state index contributed by atoms with van der Waals surface area (Å²) in [7, 11) is 0. The lowest BCUT2D eigenvalue weighted by atomic mass is 10.00. The largest absolute Gasteiger partial charge is 0.423 e. The van der Waals surface area contributed by atoms with E-state index >= 15 is 0 Å². The first kappa shape index (κ1) is 18.7. The zero-order chi connectivity index (χ0) is 20.0. The highest BCUT2D eigenvalue weighted by Gasteiger charge is 2.32. The number of rotatable bonds is 5. The molecule has 5 rings (SSSR count). The van der Waals surface area contributed by atoms with Gasteiger partial charge in [-0.25, -0.2) is 4.79 Å². The van der Waals surface area contributed by atoms with Crippen LogP contribution < -0.4 is 10.5 Å². The van der Waals surface area contributed by atoms with E-state index in [1.165, 1.54) is 25.7 Å². The van der Waals surface area contributed by atoms with Crippen LogP contribution in [0, 0.1) is 12.8 Å². The normalized spacial score (nSPS) is 17.9. The van der Waals surface area contributed by atoms with Gasteiger partial charge in [-0.2, -0.15) is 0 Å². The highest BCUT2D eigenvalue weighted by molar-refractivity contribution is 7.98. The van der Waals surface area contributed by atoms with E-state index in [1.54, 1.807) is 17.8 Å². The maximum atomic E-state index is 12.0. The number of thioether (sulfide) groups is 1. The Bertz CT molecular complexity index is 1090. The van der Waals surface area contributed by atoms with Crippen molar-refractivity contribution in [1.82, 2.24) is 14.8 Å². The summed E-state index contributed by atoms with van der Waals surface area (Å²) >= 11 is 1.66. The van der Waals surface area contributed by atoms with Crippen molar-refractivity contribution in [3.63, 3.8) is 0 Å². The van der Waals surface area contributed by atoms with Crippen molar-refractivity contribution >= 4 is 28.7 Å². The first-order valence-corrected chi connectivity index (χ1v) is 11.4. The van der Waals surface area contributed by atoms with Gasteiger partial charge in [-0.1, -0.05) is 30.8 Å². The summed E-state index contributed by atoms with van der Waals surface area (Å²) in [5.74, 6) is 2.49. The molecule has 1 saturated heterocycles. The van der Waals surface area contributed by atoms with Crippen molar-refractivity contribution in [3.8, 4) is 0 Å². The lowest BCUT2D eigenvalue weighted by molar-refractivity contribution is 0.429. The molecule has 2 fully saturated rings. The first-order valence-electron chi connectivity index (χ1n) is 10.4. The number of hydrogen-bond acceptors (Lipinski definition) is 6. The molecule has 0 radical (unpaired) electrons. The van der Waals surface area contributed by atoms with E-state index in [0.717, 1.165) is 46.6 Å². The average Bonchev–Trinajstić information content (AvgIpc) is 3.45. The number of nitrogens with zero attached hydrogens (tertiary/aromatic N) is 4. The SMILES string of the molecule is Cc1ccc2c(CSc3nnc(N4CCC(C)CC4)n3C3CC3)cc(=O)oc2c1. The predicted octanol–water partition coefficient (Wildman–Crippen LogP) is 4.56. The molecule has 0 bridgehead atoms. The zero-order valence-electron chi connectivity index (χ0n) is 16.9. The molecule has 0 unspecified atom stereocenters. The Hall–Kier alpha value is -2.28. The summed E-state index contributed by atoms with van der Waals surface area (Å²) < 4.78 is 7.73. The fraction of sp³-hybridized carbons (Fsp3) is 0.500. The molecule has 2 aromatic heterocycles. The molecule has 1 aliphatic heterocycles. The fourth-order valence-corrected chi connectivity index (χ4v) is 5.03. The standard InChI is InChI=1S/C22H26N4O2S/c1-14-7-9-25(10-8-14)21-23-24-22(26(21)17-4-5-17)29-13-16-12-20(27)28-19-11-15(2)3-6-18(16)19/h3,6,11-12,14,17H,4-5,7-10,13H2,1-2H3. The van der Waals surface area contributed by atoms with E-state index < -0.39 is 0 Å². The van der Waals surface area contributed by atoms with Crippen molar-refractivity contribution in [1.29, 1.82) is 0 Å². The molecule has 7 heteroatoms. The van der Waals surface area contributed by atoms with E-state index in [9.17, 15) is 4.79 Å². The molecule has 3 heterocycles. The highest BCUT2D eigenvalue weighted by Crippen LogP contribution is 2.42. The van der Waals surface area contributed by atoms with Crippen molar-refractivity contribution in [2.75, 3.05) is 18.0 Å². The maximum Gasteiger partial charge on any atom is 0.336 e. The summed E-state index contributed by atoms with van der Waals surface area (Å²) in [5.41, 5.74) is 2.42. The van der Waals surface area contributed by atoms with E-state index in [4.69, 9.17) is 4.42 Å². The van der Waals surface area contributed by atoms with Gasteiger partial charge in [0, 0.05) is 36.3 Å². The molecule has 2 aliphatic rings. The minimum absolute atomic E-state index is 0.300. The van der Waals surface area contributed by atoms with Gasteiger partial charge in [-0.15, -0.1) is 10.2 Å². The van der Waals surface area contributed by atoms with E-state index in [2.05, 4.69) is 32.7 Å². The topological polar surface area (TPSA) is 64.2 Å². The van der Waals surface area contributed by atoms with Gasteiger partial charge in [0.2, 0.25) is 5.95 Å². The van der Waals surface area contributed by atoms with Crippen LogP contribution in [-0.4, -0.2) is 27.9 Å². The van der Waals surface area contributed by atoms with Crippen molar-refractivity contribution in [2.24, 2.45) is 5.92 Å². The van der Waals surface area contributed by atoms with Crippen molar-refractivity contribution in [2.45, 2.75) is 56.5 Å². The van der Waals surface area contributed by atoms with Crippen LogP contribution in [0.25, 0.3) is 11.0 Å². The van der Waals surface area contributed by atoms with Gasteiger partial charge in [0.25, 0.3) is 0 Å². The van der Waals surface area contributed by atoms with E-state index in [1.807, 2.05) is 19.1 Å². The van der Waals surface area contributed by atoms with Crippen LogP contribution in [-0.2, 0) is 5.75 Å². The van der Waals surface area contributed by atoms with Crippen LogP contribution in [0.15, 0.2) is 38.6 Å². The molecule has 0 spiro atoms. The Labute approximate surface area is 174 Å². The third kappa shape index (κ3) is 3.80. The smallest absolute Gasteiger partial charge is 0.336 e. The second-order valence-corrected chi connectivity index (χ2v) is 9.37. The third-order valence-corrected chi connectivity index (χ3v) is 6.96. The number of aromatic nitrogens is 3. The van der Waals surface area contributed by atoms with Crippen LogP contribution in [0.5, 0.6) is 0 Å². The van der Waals surface area contributed by atoms with Gasteiger partial charge in [0.15, 0.2) is 5.16 Å². The molecule has 3 aromatic rings.